The molecule has 1 heteroatoms. The second kappa shape index (κ2) is 10.0. The summed E-state index contributed by atoms with van der Waals surface area (Å²) in [6.45, 7) is 10.1. The molecular weight excluding hydrogens is 232 g/mol. The third kappa shape index (κ3) is 6.52. The van der Waals surface area contributed by atoms with Gasteiger partial charge in [0.05, 0.1) is 0 Å². The van der Waals surface area contributed by atoms with E-state index < -0.39 is 0 Å². The highest BCUT2D eigenvalue weighted by Crippen LogP contribution is 2.16. The molecule has 0 heterocycles. The van der Waals surface area contributed by atoms with Gasteiger partial charge in [-0.1, -0.05) is 74.2 Å². The van der Waals surface area contributed by atoms with Gasteiger partial charge in [-0.3, -0.25) is 0 Å². The average Bonchev–Trinajstić information content (AvgIpc) is 2.43. The molecule has 0 atom stereocenters. The van der Waals surface area contributed by atoms with E-state index in [9.17, 15) is 0 Å². The highest BCUT2D eigenvalue weighted by molar-refractivity contribution is 5.83. The maximum atomic E-state index is 7.71. The van der Waals surface area contributed by atoms with E-state index in [1.807, 2.05) is 20.8 Å². The van der Waals surface area contributed by atoms with Gasteiger partial charge in [-0.2, -0.15) is 0 Å². The largest absolute Gasteiger partial charge is 0.462 e. The minimum absolute atomic E-state index is 0.733. The smallest absolute Gasteiger partial charge is 0.107 e. The van der Waals surface area contributed by atoms with Crippen LogP contribution in [0.25, 0.3) is 10.8 Å². The Morgan fingerprint density at radius 1 is 0.895 bits per heavy atom. The molecule has 19 heavy (non-hydrogen) atoms. The van der Waals surface area contributed by atoms with Gasteiger partial charge in [-0.15, -0.1) is 0 Å². The molecule has 0 saturated carbocycles. The number of aryl methyl sites for hydroxylation is 2. The molecule has 1 N–H and O–H groups in total. The van der Waals surface area contributed by atoms with Crippen molar-refractivity contribution in [2.45, 2.75) is 41.0 Å². The summed E-state index contributed by atoms with van der Waals surface area (Å²) < 4.78 is 0. The Morgan fingerprint density at radius 2 is 1.32 bits per heavy atom. The quantitative estimate of drug-likeness (QED) is 0.641. The molecular formula is C18H24O. The molecule has 102 valence electrons. The average molecular weight is 256 g/mol. The molecule has 0 unspecified atom stereocenters. The molecule has 0 spiro atoms. The molecule has 0 fully saturated rings. The van der Waals surface area contributed by atoms with Crippen LogP contribution < -0.4 is 0 Å². The van der Waals surface area contributed by atoms with E-state index in [2.05, 4.69) is 56.2 Å². The van der Waals surface area contributed by atoms with Crippen molar-refractivity contribution >= 4 is 10.8 Å². The standard InChI is InChI=1S/C12H12.C4H6O.C2H6/c1-9-3-5-12-8-10(2)4-6-11(12)7-9;1-2-3-4-5;1-2/h3-8H,1-2H3;5H,2H2,1H3;1-2H3. The molecule has 0 aromatic heterocycles. The van der Waals surface area contributed by atoms with Crippen LogP contribution in [-0.2, 0) is 0 Å². The molecule has 0 bridgehead atoms. The van der Waals surface area contributed by atoms with E-state index in [0.29, 0.717) is 0 Å². The first-order valence-electron chi connectivity index (χ1n) is 6.76. The van der Waals surface area contributed by atoms with Crippen LogP contribution in [0.1, 0.15) is 38.3 Å². The molecule has 0 radical (unpaired) electrons. The van der Waals surface area contributed by atoms with Gasteiger partial charge >= 0.3 is 0 Å². The van der Waals surface area contributed by atoms with E-state index in [4.69, 9.17) is 5.11 Å². The van der Waals surface area contributed by atoms with Gasteiger partial charge in [-0.05, 0) is 24.6 Å². The fourth-order valence-electron chi connectivity index (χ4n) is 1.56. The van der Waals surface area contributed by atoms with Crippen molar-refractivity contribution < 1.29 is 5.11 Å². The summed E-state index contributed by atoms with van der Waals surface area (Å²) in [4.78, 5) is 0. The van der Waals surface area contributed by atoms with E-state index in [1.165, 1.54) is 21.9 Å². The zero-order valence-corrected chi connectivity index (χ0v) is 12.6. The predicted molar refractivity (Wildman–Crippen MR) is 84.8 cm³/mol. The summed E-state index contributed by atoms with van der Waals surface area (Å²) in [5.41, 5.74) is 2.65. The minimum Gasteiger partial charge on any atom is -0.462 e. The molecule has 0 aliphatic rings. The van der Waals surface area contributed by atoms with Crippen LogP contribution in [0, 0.1) is 25.9 Å². The lowest BCUT2D eigenvalue weighted by molar-refractivity contribution is 0.516. The fourth-order valence-corrected chi connectivity index (χ4v) is 1.56. The highest BCUT2D eigenvalue weighted by Gasteiger charge is 1.92. The number of aliphatic hydroxyl groups is 1. The highest BCUT2D eigenvalue weighted by atomic mass is 16.2. The van der Waals surface area contributed by atoms with Gasteiger partial charge in [0.1, 0.15) is 6.11 Å². The summed E-state index contributed by atoms with van der Waals surface area (Å²) in [7, 11) is 0. The second-order valence-electron chi connectivity index (χ2n) is 4.00. The summed E-state index contributed by atoms with van der Waals surface area (Å²) in [5.74, 6) is 2.42. The Hall–Kier alpha value is -1.94. The molecule has 0 saturated heterocycles. The second-order valence-corrected chi connectivity index (χ2v) is 4.00. The Bertz CT molecular complexity index is 503. The van der Waals surface area contributed by atoms with Crippen molar-refractivity contribution in [3.63, 3.8) is 0 Å². The van der Waals surface area contributed by atoms with Crippen LogP contribution in [0.4, 0.5) is 0 Å². The first-order chi connectivity index (χ1) is 9.17. The van der Waals surface area contributed by atoms with E-state index in [1.54, 1.807) is 6.11 Å². The van der Waals surface area contributed by atoms with Crippen molar-refractivity contribution in [1.82, 2.24) is 0 Å². The number of hydrogen-bond acceptors (Lipinski definition) is 1. The van der Waals surface area contributed by atoms with Gasteiger partial charge < -0.3 is 5.11 Å². The first kappa shape index (κ1) is 17.1. The lowest BCUT2D eigenvalue weighted by Crippen LogP contribution is -1.76. The summed E-state index contributed by atoms with van der Waals surface area (Å²) in [6.07, 6.45) is 2.50. The lowest BCUT2D eigenvalue weighted by Gasteiger charge is -1.99. The third-order valence-electron chi connectivity index (χ3n) is 2.41. The van der Waals surface area contributed by atoms with Gasteiger partial charge in [0, 0.05) is 6.42 Å². The number of rotatable bonds is 0. The molecule has 1 nitrogen and oxygen atoms in total. The van der Waals surface area contributed by atoms with E-state index in [-0.39, 0.29) is 0 Å². The van der Waals surface area contributed by atoms with Crippen molar-refractivity contribution in [3.8, 4) is 12.0 Å². The monoisotopic (exact) mass is 256 g/mol. The Balaban J connectivity index is 0.000000396. The zero-order valence-electron chi connectivity index (χ0n) is 12.6. The van der Waals surface area contributed by atoms with Gasteiger partial charge in [0.15, 0.2) is 0 Å². The van der Waals surface area contributed by atoms with Gasteiger partial charge in [-0.25, -0.2) is 0 Å². The molecule has 0 aliphatic carbocycles. The molecule has 2 aromatic carbocycles. The number of aliphatic hydroxyl groups excluding tert-OH is 1. The number of fused-ring (bicyclic) bond motifs is 1. The van der Waals surface area contributed by atoms with E-state index in [0.717, 1.165) is 6.42 Å². The Labute approximate surface area is 117 Å². The van der Waals surface area contributed by atoms with E-state index >= 15 is 0 Å². The van der Waals surface area contributed by atoms with Crippen LogP contribution >= 0.6 is 0 Å². The summed E-state index contributed by atoms with van der Waals surface area (Å²) in [6, 6.07) is 13.1. The SMILES string of the molecule is CC.CCC#CO.Cc1ccc2cc(C)ccc2c1. The zero-order chi connectivity index (χ0) is 14.7. The molecule has 0 amide bonds. The van der Waals surface area contributed by atoms with Gasteiger partial charge in [0.2, 0.25) is 0 Å². The van der Waals surface area contributed by atoms with Crippen LogP contribution in [0.3, 0.4) is 0 Å². The third-order valence-corrected chi connectivity index (χ3v) is 2.41. The minimum atomic E-state index is 0.733. The number of benzene rings is 2. The first-order valence-corrected chi connectivity index (χ1v) is 6.76. The van der Waals surface area contributed by atoms with Crippen LogP contribution in [-0.4, -0.2) is 5.11 Å². The Kier molecular flexibility index (Phi) is 9.00. The van der Waals surface area contributed by atoms with Crippen molar-refractivity contribution in [3.05, 3.63) is 47.5 Å². The predicted octanol–water partition coefficient (Wildman–Crippen LogP) is 5.21. The maximum Gasteiger partial charge on any atom is 0.107 e. The van der Waals surface area contributed by atoms with Crippen LogP contribution in [0.5, 0.6) is 0 Å². The molecule has 0 aliphatic heterocycles. The normalized spacial score (nSPS) is 8.26. The fraction of sp³-hybridized carbons (Fsp3) is 0.333. The molecule has 2 rings (SSSR count). The lowest BCUT2D eigenvalue weighted by atomic mass is 10.1. The van der Waals surface area contributed by atoms with Crippen LogP contribution in [0.15, 0.2) is 36.4 Å². The van der Waals surface area contributed by atoms with Crippen molar-refractivity contribution in [2.75, 3.05) is 0 Å². The van der Waals surface area contributed by atoms with Crippen molar-refractivity contribution in [1.29, 1.82) is 0 Å². The topological polar surface area (TPSA) is 20.2 Å². The Morgan fingerprint density at radius 3 is 1.58 bits per heavy atom. The maximum absolute atomic E-state index is 7.71. The van der Waals surface area contributed by atoms with Crippen LogP contribution in [0.2, 0.25) is 0 Å². The van der Waals surface area contributed by atoms with Gasteiger partial charge in [0.25, 0.3) is 0 Å². The molecule has 2 aromatic rings. The summed E-state index contributed by atoms with van der Waals surface area (Å²) >= 11 is 0. The summed E-state index contributed by atoms with van der Waals surface area (Å²) in [5, 5.41) is 10.4. The van der Waals surface area contributed by atoms with Crippen molar-refractivity contribution in [2.24, 2.45) is 0 Å². The number of hydrogen-bond donors (Lipinski definition) is 1.